The van der Waals surface area contributed by atoms with Gasteiger partial charge in [-0.2, -0.15) is 5.01 Å². The van der Waals surface area contributed by atoms with Gasteiger partial charge in [-0.3, -0.25) is 19.8 Å². The molecule has 3 amide bonds. The topological polar surface area (TPSA) is 66.5 Å². The van der Waals surface area contributed by atoms with Crippen molar-refractivity contribution in [1.29, 1.82) is 0 Å². The van der Waals surface area contributed by atoms with Gasteiger partial charge < -0.3 is 0 Å². The minimum atomic E-state index is -0.450. The zero-order valence-corrected chi connectivity index (χ0v) is 13.1. The van der Waals surface area contributed by atoms with Gasteiger partial charge in [0.25, 0.3) is 17.7 Å². The maximum atomic E-state index is 12.5. The molecule has 1 N–H and O–H groups in total. The molecule has 0 radical (unpaired) electrons. The molecule has 0 spiro atoms. The molecule has 2 aliphatic carbocycles. The predicted octanol–water partition coefficient (Wildman–Crippen LogP) is 1.90. The number of hydrazine groups is 1. The van der Waals surface area contributed by atoms with E-state index in [-0.39, 0.29) is 35.5 Å². The summed E-state index contributed by atoms with van der Waals surface area (Å²) in [7, 11) is 0. The lowest BCUT2D eigenvalue weighted by Crippen LogP contribution is -2.47. The Hall–Kier alpha value is -1.95. The third-order valence-electron chi connectivity index (χ3n) is 4.79. The first-order valence-corrected chi connectivity index (χ1v) is 7.98. The number of halogens is 1. The van der Waals surface area contributed by atoms with E-state index in [1.807, 2.05) is 12.2 Å². The van der Waals surface area contributed by atoms with Crippen LogP contribution >= 0.6 is 15.9 Å². The van der Waals surface area contributed by atoms with E-state index < -0.39 is 5.91 Å². The second kappa shape index (κ2) is 4.78. The Bertz CT molecular complexity index is 683. The van der Waals surface area contributed by atoms with Crippen LogP contribution in [0.3, 0.4) is 0 Å². The predicted molar refractivity (Wildman–Crippen MR) is 81.2 cm³/mol. The molecular weight excluding hydrogens is 348 g/mol. The van der Waals surface area contributed by atoms with Gasteiger partial charge in [-0.15, -0.1) is 0 Å². The van der Waals surface area contributed by atoms with E-state index in [0.717, 1.165) is 15.9 Å². The molecule has 1 aliphatic heterocycles. The van der Waals surface area contributed by atoms with Crippen molar-refractivity contribution in [1.82, 2.24) is 10.4 Å². The van der Waals surface area contributed by atoms with Crippen molar-refractivity contribution in [2.45, 2.75) is 6.42 Å². The van der Waals surface area contributed by atoms with Crippen molar-refractivity contribution < 1.29 is 14.4 Å². The number of allylic oxidation sites excluding steroid dienone is 2. The normalized spacial score (nSPS) is 31.8. The van der Waals surface area contributed by atoms with E-state index in [9.17, 15) is 14.4 Å². The van der Waals surface area contributed by atoms with Crippen LogP contribution < -0.4 is 5.43 Å². The average Bonchev–Trinajstić information content (AvgIpc) is 3.17. The third kappa shape index (κ3) is 1.86. The molecule has 22 heavy (non-hydrogen) atoms. The standard InChI is InChI=1S/C16H13BrN2O3/c17-11-5-3-8(4-6-11)14(20)18-19-15(21)12-9-1-2-10(7-9)13(12)16(19)22/h1-6,9-10,12-13H,7H2,(H,18,20)/t9?,10?,12-,13?/m1/s1. The number of amides is 3. The summed E-state index contributed by atoms with van der Waals surface area (Å²) in [5.74, 6) is -1.33. The number of nitrogens with zero attached hydrogens (tertiary/aromatic N) is 1. The summed E-state index contributed by atoms with van der Waals surface area (Å²) in [5, 5.41) is 0.922. The number of nitrogens with one attached hydrogen (secondary N) is 1. The molecule has 0 aromatic heterocycles. The molecule has 1 aromatic carbocycles. The van der Waals surface area contributed by atoms with Gasteiger partial charge in [-0.05, 0) is 42.5 Å². The van der Waals surface area contributed by atoms with Crippen LogP contribution in [0.5, 0.6) is 0 Å². The van der Waals surface area contributed by atoms with Crippen LogP contribution in [0.15, 0.2) is 40.9 Å². The Morgan fingerprint density at radius 2 is 1.59 bits per heavy atom. The molecule has 1 saturated heterocycles. The first-order chi connectivity index (χ1) is 10.6. The molecule has 3 unspecified atom stereocenters. The fourth-order valence-corrected chi connectivity index (χ4v) is 4.04. The molecule has 112 valence electrons. The highest BCUT2D eigenvalue weighted by Crippen LogP contribution is 2.52. The lowest BCUT2D eigenvalue weighted by atomic mass is 9.85. The van der Waals surface area contributed by atoms with Gasteiger partial charge in [-0.1, -0.05) is 28.1 Å². The van der Waals surface area contributed by atoms with Gasteiger partial charge in [0.1, 0.15) is 0 Å². The number of fused-ring (bicyclic) bond motifs is 5. The molecule has 1 heterocycles. The number of hydrogen-bond acceptors (Lipinski definition) is 3. The molecular formula is C16H13BrN2O3. The summed E-state index contributed by atoms with van der Waals surface area (Å²) in [6.07, 6.45) is 4.93. The molecule has 1 saturated carbocycles. The van der Waals surface area contributed by atoms with E-state index in [1.165, 1.54) is 0 Å². The van der Waals surface area contributed by atoms with Crippen LogP contribution in [0.4, 0.5) is 0 Å². The van der Waals surface area contributed by atoms with E-state index in [0.29, 0.717) is 5.56 Å². The summed E-state index contributed by atoms with van der Waals surface area (Å²) in [5.41, 5.74) is 2.87. The van der Waals surface area contributed by atoms with Crippen molar-refractivity contribution in [2.24, 2.45) is 23.7 Å². The second-order valence-electron chi connectivity index (χ2n) is 5.96. The number of carbonyl (C=O) groups is 3. The summed E-state index contributed by atoms with van der Waals surface area (Å²) in [6.45, 7) is 0. The molecule has 4 atom stereocenters. The Labute approximate surface area is 135 Å². The Balaban J connectivity index is 1.54. The minimum Gasteiger partial charge on any atom is -0.272 e. The summed E-state index contributed by atoms with van der Waals surface area (Å²) in [4.78, 5) is 37.1. The summed E-state index contributed by atoms with van der Waals surface area (Å²) >= 11 is 3.30. The zero-order chi connectivity index (χ0) is 15.4. The molecule has 1 aromatic rings. The number of imide groups is 1. The lowest BCUT2D eigenvalue weighted by Gasteiger charge is -2.18. The minimum absolute atomic E-state index is 0.140. The number of benzene rings is 1. The van der Waals surface area contributed by atoms with Crippen LogP contribution in [0.1, 0.15) is 16.8 Å². The quantitative estimate of drug-likeness (QED) is 0.646. The zero-order valence-electron chi connectivity index (χ0n) is 11.5. The number of hydrogen-bond donors (Lipinski definition) is 1. The molecule has 6 heteroatoms. The van der Waals surface area contributed by atoms with Crippen molar-refractivity contribution in [2.75, 3.05) is 0 Å². The van der Waals surface area contributed by atoms with Gasteiger partial charge in [0.05, 0.1) is 11.8 Å². The van der Waals surface area contributed by atoms with Crippen molar-refractivity contribution in [3.63, 3.8) is 0 Å². The van der Waals surface area contributed by atoms with Gasteiger partial charge in [0.2, 0.25) is 0 Å². The molecule has 4 rings (SSSR count). The van der Waals surface area contributed by atoms with Gasteiger partial charge in [-0.25, -0.2) is 0 Å². The molecule has 5 nitrogen and oxygen atoms in total. The summed E-state index contributed by atoms with van der Waals surface area (Å²) < 4.78 is 0.856. The van der Waals surface area contributed by atoms with E-state index >= 15 is 0 Å². The van der Waals surface area contributed by atoms with Crippen LogP contribution in [-0.2, 0) is 9.59 Å². The van der Waals surface area contributed by atoms with Crippen LogP contribution in [0.2, 0.25) is 0 Å². The van der Waals surface area contributed by atoms with Gasteiger partial charge in [0, 0.05) is 10.0 Å². The number of rotatable bonds is 2. The van der Waals surface area contributed by atoms with Crippen LogP contribution in [0.25, 0.3) is 0 Å². The summed E-state index contributed by atoms with van der Waals surface area (Å²) in [6, 6.07) is 6.75. The first-order valence-electron chi connectivity index (χ1n) is 7.19. The Morgan fingerprint density at radius 1 is 1.05 bits per heavy atom. The highest BCUT2D eigenvalue weighted by molar-refractivity contribution is 9.10. The number of carbonyl (C=O) groups excluding carboxylic acids is 3. The van der Waals surface area contributed by atoms with Crippen LogP contribution in [0, 0.1) is 23.7 Å². The Morgan fingerprint density at radius 3 is 2.14 bits per heavy atom. The van der Waals surface area contributed by atoms with Crippen LogP contribution in [-0.4, -0.2) is 22.7 Å². The highest BCUT2D eigenvalue weighted by Gasteiger charge is 2.59. The first kappa shape index (κ1) is 13.7. The lowest BCUT2D eigenvalue weighted by molar-refractivity contribution is -0.143. The van der Waals surface area contributed by atoms with E-state index in [4.69, 9.17) is 0 Å². The monoisotopic (exact) mass is 360 g/mol. The highest BCUT2D eigenvalue weighted by atomic mass is 79.9. The van der Waals surface area contributed by atoms with Crippen molar-refractivity contribution >= 4 is 33.7 Å². The van der Waals surface area contributed by atoms with Gasteiger partial charge >= 0.3 is 0 Å². The van der Waals surface area contributed by atoms with E-state index in [2.05, 4.69) is 21.4 Å². The largest absolute Gasteiger partial charge is 0.272 e. The van der Waals surface area contributed by atoms with Crippen molar-refractivity contribution in [3.8, 4) is 0 Å². The van der Waals surface area contributed by atoms with E-state index in [1.54, 1.807) is 24.3 Å². The maximum Gasteiger partial charge on any atom is 0.270 e. The third-order valence-corrected chi connectivity index (χ3v) is 5.32. The Kier molecular flexibility index (Phi) is 2.97. The SMILES string of the molecule is O=C(NN1C(=O)C2C3C=CC(C3)[C@H]2C1=O)c1ccc(Br)cc1. The van der Waals surface area contributed by atoms with Gasteiger partial charge in [0.15, 0.2) is 0 Å². The van der Waals surface area contributed by atoms with Crippen molar-refractivity contribution in [3.05, 3.63) is 46.5 Å². The fourth-order valence-electron chi connectivity index (χ4n) is 3.78. The average molecular weight is 361 g/mol. The molecule has 2 fully saturated rings. The smallest absolute Gasteiger partial charge is 0.270 e. The molecule has 3 aliphatic rings. The second-order valence-corrected chi connectivity index (χ2v) is 6.88. The molecule has 2 bridgehead atoms. The fraction of sp³-hybridized carbons (Fsp3) is 0.312. The maximum absolute atomic E-state index is 12.5.